The maximum absolute atomic E-state index is 7.62. The highest BCUT2D eigenvalue weighted by molar-refractivity contribution is 5.87. The van der Waals surface area contributed by atoms with E-state index in [1.165, 1.54) is 17.5 Å². The molecule has 118 valence electrons. The minimum Gasteiger partial charge on any atom is -0.367 e. The Labute approximate surface area is 133 Å². The SMILES string of the molecule is C=C(CC)N1CC=C(c2cc(C)c(C=N)c(NC(C)C)n2)C1. The lowest BCUT2D eigenvalue weighted by atomic mass is 10.1. The first-order valence-corrected chi connectivity index (χ1v) is 7.87. The summed E-state index contributed by atoms with van der Waals surface area (Å²) in [4.78, 5) is 7.04. The van der Waals surface area contributed by atoms with E-state index in [9.17, 15) is 0 Å². The van der Waals surface area contributed by atoms with Gasteiger partial charge in [0.15, 0.2) is 0 Å². The highest BCUT2D eigenvalue weighted by Gasteiger charge is 2.19. The van der Waals surface area contributed by atoms with E-state index < -0.39 is 0 Å². The van der Waals surface area contributed by atoms with Crippen molar-refractivity contribution in [2.24, 2.45) is 0 Å². The van der Waals surface area contributed by atoms with E-state index >= 15 is 0 Å². The molecule has 0 spiro atoms. The number of hydrogen-bond donors (Lipinski definition) is 2. The first kappa shape index (κ1) is 16.3. The molecule has 0 fully saturated rings. The zero-order chi connectivity index (χ0) is 16.3. The van der Waals surface area contributed by atoms with E-state index in [4.69, 9.17) is 10.4 Å². The van der Waals surface area contributed by atoms with Gasteiger partial charge in [-0.25, -0.2) is 4.98 Å². The predicted molar refractivity (Wildman–Crippen MR) is 94.6 cm³/mol. The second-order valence-corrected chi connectivity index (χ2v) is 6.06. The lowest BCUT2D eigenvalue weighted by Gasteiger charge is -2.20. The normalized spacial score (nSPS) is 14.2. The highest BCUT2D eigenvalue weighted by atomic mass is 15.1. The molecule has 22 heavy (non-hydrogen) atoms. The smallest absolute Gasteiger partial charge is 0.135 e. The molecule has 0 aliphatic carbocycles. The van der Waals surface area contributed by atoms with Crippen LogP contribution in [0.5, 0.6) is 0 Å². The van der Waals surface area contributed by atoms with Gasteiger partial charge in [-0.05, 0) is 44.4 Å². The van der Waals surface area contributed by atoms with E-state index in [0.29, 0.717) is 0 Å². The van der Waals surface area contributed by atoms with Gasteiger partial charge in [-0.15, -0.1) is 0 Å². The van der Waals surface area contributed by atoms with Gasteiger partial charge >= 0.3 is 0 Å². The third kappa shape index (κ3) is 3.38. The molecule has 0 amide bonds. The molecule has 0 saturated heterocycles. The van der Waals surface area contributed by atoms with Crippen LogP contribution < -0.4 is 5.32 Å². The van der Waals surface area contributed by atoms with Crippen molar-refractivity contribution in [1.29, 1.82) is 5.41 Å². The van der Waals surface area contributed by atoms with Crippen LogP contribution in [0.15, 0.2) is 24.4 Å². The van der Waals surface area contributed by atoms with Crippen LogP contribution in [0, 0.1) is 12.3 Å². The first-order chi connectivity index (χ1) is 10.5. The van der Waals surface area contributed by atoms with Gasteiger partial charge in [0.05, 0.1) is 5.69 Å². The van der Waals surface area contributed by atoms with Crippen molar-refractivity contribution >= 4 is 17.6 Å². The molecule has 2 rings (SSSR count). The Kier molecular flexibility index (Phi) is 5.01. The maximum atomic E-state index is 7.62. The predicted octanol–water partition coefficient (Wildman–Crippen LogP) is 3.83. The van der Waals surface area contributed by atoms with Crippen molar-refractivity contribution in [3.05, 3.63) is 41.2 Å². The van der Waals surface area contributed by atoms with Gasteiger partial charge in [-0.1, -0.05) is 19.6 Å². The molecular formula is C18H26N4. The van der Waals surface area contributed by atoms with E-state index in [1.54, 1.807) is 0 Å². The van der Waals surface area contributed by atoms with Gasteiger partial charge in [0.25, 0.3) is 0 Å². The minimum absolute atomic E-state index is 0.287. The summed E-state index contributed by atoms with van der Waals surface area (Å²) in [6, 6.07) is 2.37. The van der Waals surface area contributed by atoms with Gasteiger partial charge in [0.2, 0.25) is 0 Å². The van der Waals surface area contributed by atoms with Crippen molar-refractivity contribution in [2.45, 2.75) is 40.2 Å². The largest absolute Gasteiger partial charge is 0.367 e. The zero-order valence-corrected chi connectivity index (χ0v) is 14.0. The summed E-state index contributed by atoms with van der Waals surface area (Å²) in [5.41, 5.74) is 5.35. The summed E-state index contributed by atoms with van der Waals surface area (Å²) in [6.45, 7) is 14.2. The van der Waals surface area contributed by atoms with Gasteiger partial charge in [0, 0.05) is 36.6 Å². The molecule has 0 aromatic carbocycles. The summed E-state index contributed by atoms with van der Waals surface area (Å²) in [6.07, 6.45) is 4.58. The average Bonchev–Trinajstić information content (AvgIpc) is 2.95. The van der Waals surface area contributed by atoms with Gasteiger partial charge in [-0.2, -0.15) is 0 Å². The van der Waals surface area contributed by atoms with Crippen LogP contribution >= 0.6 is 0 Å². The summed E-state index contributed by atoms with van der Waals surface area (Å²) in [5.74, 6) is 0.800. The van der Waals surface area contributed by atoms with Crippen LogP contribution in [-0.4, -0.2) is 35.2 Å². The Hall–Kier alpha value is -2.10. The Morgan fingerprint density at radius 3 is 2.86 bits per heavy atom. The minimum atomic E-state index is 0.287. The number of rotatable bonds is 6. The van der Waals surface area contributed by atoms with Gasteiger partial charge in [-0.3, -0.25) is 0 Å². The quantitative estimate of drug-likeness (QED) is 0.785. The number of aromatic nitrogens is 1. The third-order valence-corrected chi connectivity index (χ3v) is 3.94. The standard InChI is InChI=1S/C18H26N4/c1-6-14(5)22-8-7-15(11-22)17-9-13(4)16(10-19)18(21-17)20-12(2)3/h7,9-10,12,19H,5-6,8,11H2,1-4H3,(H,20,21). The Balaban J connectivity index is 2.31. The van der Waals surface area contributed by atoms with Crippen LogP contribution in [0.4, 0.5) is 5.82 Å². The van der Waals surface area contributed by atoms with Crippen molar-refractivity contribution in [3.63, 3.8) is 0 Å². The van der Waals surface area contributed by atoms with Crippen LogP contribution in [0.2, 0.25) is 0 Å². The molecule has 0 atom stereocenters. The molecule has 0 saturated carbocycles. The lowest BCUT2D eigenvalue weighted by molar-refractivity contribution is 0.435. The Morgan fingerprint density at radius 2 is 2.27 bits per heavy atom. The third-order valence-electron chi connectivity index (χ3n) is 3.94. The van der Waals surface area contributed by atoms with Gasteiger partial charge < -0.3 is 15.6 Å². The summed E-state index contributed by atoms with van der Waals surface area (Å²) >= 11 is 0. The van der Waals surface area contributed by atoms with Crippen LogP contribution in [0.3, 0.4) is 0 Å². The fraction of sp³-hybridized carbons (Fsp3) is 0.444. The average molecular weight is 298 g/mol. The highest BCUT2D eigenvalue weighted by Crippen LogP contribution is 2.27. The molecular weight excluding hydrogens is 272 g/mol. The Bertz CT molecular complexity index is 614. The second-order valence-electron chi connectivity index (χ2n) is 6.06. The molecule has 4 heteroatoms. The van der Waals surface area contributed by atoms with Crippen LogP contribution in [-0.2, 0) is 0 Å². The summed E-state index contributed by atoms with van der Waals surface area (Å²) < 4.78 is 0. The fourth-order valence-corrected chi connectivity index (χ4v) is 2.62. The number of allylic oxidation sites excluding steroid dienone is 1. The molecule has 1 aliphatic rings. The van der Waals surface area contributed by atoms with E-state index in [-0.39, 0.29) is 6.04 Å². The lowest BCUT2D eigenvalue weighted by Crippen LogP contribution is -2.19. The number of nitrogens with one attached hydrogen (secondary N) is 2. The Morgan fingerprint density at radius 1 is 1.55 bits per heavy atom. The molecule has 1 aromatic heterocycles. The molecule has 1 aromatic rings. The number of aryl methyl sites for hydroxylation is 1. The molecule has 0 bridgehead atoms. The summed E-state index contributed by atoms with van der Waals surface area (Å²) in [7, 11) is 0. The number of hydrogen-bond acceptors (Lipinski definition) is 4. The van der Waals surface area contributed by atoms with Crippen LogP contribution in [0.1, 0.15) is 44.0 Å². The molecule has 2 heterocycles. The first-order valence-electron chi connectivity index (χ1n) is 7.87. The maximum Gasteiger partial charge on any atom is 0.135 e. The second kappa shape index (κ2) is 6.77. The van der Waals surface area contributed by atoms with Crippen molar-refractivity contribution in [2.75, 3.05) is 18.4 Å². The molecule has 0 unspecified atom stereocenters. The zero-order valence-electron chi connectivity index (χ0n) is 14.0. The van der Waals surface area contributed by atoms with Crippen LogP contribution in [0.25, 0.3) is 5.57 Å². The van der Waals surface area contributed by atoms with E-state index in [2.05, 4.69) is 49.7 Å². The van der Waals surface area contributed by atoms with Crippen molar-refractivity contribution < 1.29 is 0 Å². The monoisotopic (exact) mass is 298 g/mol. The number of pyridine rings is 1. The molecule has 2 N–H and O–H groups in total. The number of nitrogens with zero attached hydrogens (tertiary/aromatic N) is 2. The molecule has 0 radical (unpaired) electrons. The van der Waals surface area contributed by atoms with E-state index in [1.807, 2.05) is 6.92 Å². The topological polar surface area (TPSA) is 52.0 Å². The summed E-state index contributed by atoms with van der Waals surface area (Å²) in [5, 5.41) is 11.0. The van der Waals surface area contributed by atoms with Crippen molar-refractivity contribution in [1.82, 2.24) is 9.88 Å². The van der Waals surface area contributed by atoms with Crippen molar-refractivity contribution in [3.8, 4) is 0 Å². The van der Waals surface area contributed by atoms with Gasteiger partial charge in [0.1, 0.15) is 5.82 Å². The van der Waals surface area contributed by atoms with E-state index in [0.717, 1.165) is 42.1 Å². The molecule has 1 aliphatic heterocycles. The molecule has 4 nitrogen and oxygen atoms in total. The number of anilines is 1. The fourth-order valence-electron chi connectivity index (χ4n) is 2.62.